The molecule has 0 radical (unpaired) electrons. The number of ketones is 1. The van der Waals surface area contributed by atoms with Crippen LogP contribution in [-0.2, 0) is 6.54 Å². The molecule has 1 aliphatic rings. The minimum atomic E-state index is -0.312. The molecule has 0 spiro atoms. The molecule has 0 amide bonds. The van der Waals surface area contributed by atoms with Gasteiger partial charge < -0.3 is 4.90 Å². The third kappa shape index (κ3) is 4.00. The van der Waals surface area contributed by atoms with Crippen molar-refractivity contribution in [2.75, 3.05) is 31.1 Å². The molecule has 3 rings (SSSR count). The molecular weight excluding hydrogens is 379 g/mol. The Morgan fingerprint density at radius 3 is 2.52 bits per heavy atom. The van der Waals surface area contributed by atoms with Crippen LogP contribution < -0.4 is 4.90 Å². The first-order chi connectivity index (χ1) is 11.0. The van der Waals surface area contributed by atoms with Crippen LogP contribution >= 0.6 is 27.3 Å². The van der Waals surface area contributed by atoms with Crippen molar-refractivity contribution >= 4 is 38.7 Å². The number of piperazine rings is 1. The number of hydrogen-bond acceptors (Lipinski definition) is 4. The third-order valence-electron chi connectivity index (χ3n) is 4.08. The van der Waals surface area contributed by atoms with Gasteiger partial charge in [-0.05, 0) is 53.2 Å². The number of Topliss-reactive ketones (excluding diaryl/α,β-unsaturated/α-hetero) is 1. The number of carbonyl (C=O) groups is 1. The second-order valence-electron chi connectivity index (χ2n) is 5.69. The van der Waals surface area contributed by atoms with Crippen LogP contribution in [0.25, 0.3) is 0 Å². The van der Waals surface area contributed by atoms with Crippen LogP contribution in [0.5, 0.6) is 0 Å². The summed E-state index contributed by atoms with van der Waals surface area (Å²) in [6.45, 7) is 5.80. The molecule has 0 aliphatic carbocycles. The van der Waals surface area contributed by atoms with Crippen LogP contribution in [-0.4, -0.2) is 36.9 Å². The molecule has 0 saturated carbocycles. The summed E-state index contributed by atoms with van der Waals surface area (Å²) in [6.07, 6.45) is 0. The van der Waals surface area contributed by atoms with E-state index in [0.717, 1.165) is 36.5 Å². The molecule has 2 heterocycles. The zero-order chi connectivity index (χ0) is 16.4. The first kappa shape index (κ1) is 16.6. The highest BCUT2D eigenvalue weighted by atomic mass is 79.9. The standard InChI is InChI=1S/C17H18BrFN2OS/c1-12(22)13-2-4-16(15(19)10-13)21-8-6-20(7-9-21)11-14-3-5-17(18)23-14/h2-5,10H,6-9,11H2,1H3. The van der Waals surface area contributed by atoms with Gasteiger partial charge in [0.25, 0.3) is 0 Å². The lowest BCUT2D eigenvalue weighted by atomic mass is 10.1. The Morgan fingerprint density at radius 2 is 1.96 bits per heavy atom. The van der Waals surface area contributed by atoms with E-state index in [-0.39, 0.29) is 11.6 Å². The number of thiophene rings is 1. The second kappa shape index (κ2) is 7.11. The SMILES string of the molecule is CC(=O)c1ccc(N2CCN(Cc3ccc(Br)s3)CC2)c(F)c1. The summed E-state index contributed by atoms with van der Waals surface area (Å²) in [5, 5.41) is 0. The van der Waals surface area contributed by atoms with E-state index in [9.17, 15) is 9.18 Å². The Kier molecular flexibility index (Phi) is 5.14. The van der Waals surface area contributed by atoms with Gasteiger partial charge in [-0.25, -0.2) is 4.39 Å². The van der Waals surface area contributed by atoms with E-state index < -0.39 is 0 Å². The molecule has 23 heavy (non-hydrogen) atoms. The molecule has 6 heteroatoms. The molecule has 1 saturated heterocycles. The number of benzene rings is 1. The number of rotatable bonds is 4. The van der Waals surface area contributed by atoms with Crippen molar-refractivity contribution in [2.24, 2.45) is 0 Å². The maximum Gasteiger partial charge on any atom is 0.159 e. The van der Waals surface area contributed by atoms with Gasteiger partial charge in [-0.15, -0.1) is 11.3 Å². The molecule has 2 aromatic rings. The van der Waals surface area contributed by atoms with Gasteiger partial charge in [-0.1, -0.05) is 0 Å². The predicted octanol–water partition coefficient (Wildman–Crippen LogP) is 4.17. The van der Waals surface area contributed by atoms with Crippen LogP contribution in [0.1, 0.15) is 22.2 Å². The molecule has 0 atom stereocenters. The highest BCUT2D eigenvalue weighted by Gasteiger charge is 2.20. The maximum atomic E-state index is 14.2. The first-order valence-electron chi connectivity index (χ1n) is 7.55. The van der Waals surface area contributed by atoms with Gasteiger partial charge in [0.2, 0.25) is 0 Å². The van der Waals surface area contributed by atoms with E-state index in [2.05, 4.69) is 37.9 Å². The van der Waals surface area contributed by atoms with E-state index in [1.165, 1.54) is 17.9 Å². The Morgan fingerprint density at radius 1 is 1.22 bits per heavy atom. The second-order valence-corrected chi connectivity index (χ2v) is 8.24. The van der Waals surface area contributed by atoms with Gasteiger partial charge in [-0.3, -0.25) is 9.69 Å². The molecule has 0 N–H and O–H groups in total. The van der Waals surface area contributed by atoms with Gasteiger partial charge in [0.1, 0.15) is 5.82 Å². The lowest BCUT2D eigenvalue weighted by molar-refractivity contribution is 0.101. The lowest BCUT2D eigenvalue weighted by Gasteiger charge is -2.36. The summed E-state index contributed by atoms with van der Waals surface area (Å²) >= 11 is 5.24. The van der Waals surface area contributed by atoms with Crippen molar-refractivity contribution in [1.29, 1.82) is 0 Å². The molecule has 0 bridgehead atoms. The fraction of sp³-hybridized carbons (Fsp3) is 0.353. The average molecular weight is 397 g/mol. The largest absolute Gasteiger partial charge is 0.367 e. The smallest absolute Gasteiger partial charge is 0.159 e. The van der Waals surface area contributed by atoms with Crippen LogP contribution in [0.15, 0.2) is 34.1 Å². The van der Waals surface area contributed by atoms with Gasteiger partial charge in [0.05, 0.1) is 9.47 Å². The van der Waals surface area contributed by atoms with E-state index in [1.807, 2.05) is 0 Å². The Labute approximate surface area is 147 Å². The fourth-order valence-corrected chi connectivity index (χ4v) is 4.31. The van der Waals surface area contributed by atoms with Gasteiger partial charge >= 0.3 is 0 Å². The Hall–Kier alpha value is -1.24. The van der Waals surface area contributed by atoms with E-state index in [0.29, 0.717) is 11.3 Å². The predicted molar refractivity (Wildman–Crippen MR) is 95.9 cm³/mol. The molecule has 0 unspecified atom stereocenters. The summed E-state index contributed by atoms with van der Waals surface area (Å²) in [5.74, 6) is -0.421. The molecule has 1 fully saturated rings. The molecule has 122 valence electrons. The van der Waals surface area contributed by atoms with Crippen LogP contribution in [0.4, 0.5) is 10.1 Å². The minimum Gasteiger partial charge on any atom is -0.367 e. The highest BCUT2D eigenvalue weighted by molar-refractivity contribution is 9.11. The molecule has 1 aromatic carbocycles. The average Bonchev–Trinajstić information content (AvgIpc) is 2.93. The van der Waals surface area contributed by atoms with E-state index >= 15 is 0 Å². The van der Waals surface area contributed by atoms with Crippen molar-refractivity contribution in [3.63, 3.8) is 0 Å². The van der Waals surface area contributed by atoms with Gasteiger partial charge in [0.15, 0.2) is 5.78 Å². The fourth-order valence-electron chi connectivity index (χ4n) is 2.79. The maximum absolute atomic E-state index is 14.2. The molecule has 1 aromatic heterocycles. The zero-order valence-corrected chi connectivity index (χ0v) is 15.3. The third-order valence-corrected chi connectivity index (χ3v) is 5.68. The summed E-state index contributed by atoms with van der Waals surface area (Å²) < 4.78 is 15.4. The van der Waals surface area contributed by atoms with Gasteiger partial charge in [0, 0.05) is 43.2 Å². The van der Waals surface area contributed by atoms with Crippen LogP contribution in [0.2, 0.25) is 0 Å². The van der Waals surface area contributed by atoms with Crippen molar-refractivity contribution in [3.05, 3.63) is 50.4 Å². The molecule has 1 aliphatic heterocycles. The minimum absolute atomic E-state index is 0.109. The Balaban J connectivity index is 1.61. The van der Waals surface area contributed by atoms with Crippen molar-refractivity contribution in [3.8, 4) is 0 Å². The van der Waals surface area contributed by atoms with E-state index in [1.54, 1.807) is 23.5 Å². The number of halogens is 2. The normalized spacial score (nSPS) is 15.9. The van der Waals surface area contributed by atoms with E-state index in [4.69, 9.17) is 0 Å². The monoisotopic (exact) mass is 396 g/mol. The summed E-state index contributed by atoms with van der Waals surface area (Å²) in [4.78, 5) is 17.1. The molecule has 3 nitrogen and oxygen atoms in total. The molecular formula is C17H18BrFN2OS. The number of nitrogens with zero attached hydrogens (tertiary/aromatic N) is 2. The van der Waals surface area contributed by atoms with Crippen LogP contribution in [0, 0.1) is 5.82 Å². The lowest BCUT2D eigenvalue weighted by Crippen LogP contribution is -2.46. The zero-order valence-electron chi connectivity index (χ0n) is 12.9. The number of hydrogen-bond donors (Lipinski definition) is 0. The quantitative estimate of drug-likeness (QED) is 0.724. The summed E-state index contributed by atoms with van der Waals surface area (Å²) in [6, 6.07) is 8.98. The number of anilines is 1. The number of carbonyl (C=O) groups excluding carboxylic acids is 1. The van der Waals surface area contributed by atoms with Crippen molar-refractivity contribution in [1.82, 2.24) is 4.90 Å². The van der Waals surface area contributed by atoms with Gasteiger partial charge in [-0.2, -0.15) is 0 Å². The van der Waals surface area contributed by atoms with Crippen molar-refractivity contribution in [2.45, 2.75) is 13.5 Å². The highest BCUT2D eigenvalue weighted by Crippen LogP contribution is 2.25. The topological polar surface area (TPSA) is 23.6 Å². The Bertz CT molecular complexity index is 710. The van der Waals surface area contributed by atoms with Crippen molar-refractivity contribution < 1.29 is 9.18 Å². The first-order valence-corrected chi connectivity index (χ1v) is 9.16. The summed E-state index contributed by atoms with van der Waals surface area (Å²) in [7, 11) is 0. The summed E-state index contributed by atoms with van der Waals surface area (Å²) in [5.41, 5.74) is 1.02. The van der Waals surface area contributed by atoms with Crippen LogP contribution in [0.3, 0.4) is 0 Å².